The Balaban J connectivity index is 1.64. The fraction of sp³-hybridized carbons (Fsp3) is 0.0952. The SMILES string of the molecule is COc1ccc(C=Cc2nc3sc(=Cc4cccc(Br)c4)c(=O)n3n2)cc1OC. The van der Waals surface area contributed by atoms with Crippen molar-refractivity contribution in [2.45, 2.75) is 0 Å². The number of rotatable bonds is 5. The number of thiazole rings is 1. The van der Waals surface area contributed by atoms with Crippen LogP contribution >= 0.6 is 27.3 Å². The summed E-state index contributed by atoms with van der Waals surface area (Å²) in [5.74, 6) is 1.77. The van der Waals surface area contributed by atoms with Gasteiger partial charge in [-0.15, -0.1) is 5.10 Å². The van der Waals surface area contributed by atoms with Crippen LogP contribution in [0.25, 0.3) is 23.2 Å². The van der Waals surface area contributed by atoms with Crippen LogP contribution in [0.3, 0.4) is 0 Å². The molecule has 0 saturated heterocycles. The molecule has 0 aliphatic carbocycles. The monoisotopic (exact) mass is 469 g/mol. The third-order valence-electron chi connectivity index (χ3n) is 4.18. The Labute approximate surface area is 178 Å². The van der Waals surface area contributed by atoms with E-state index in [9.17, 15) is 4.79 Å². The molecule has 6 nitrogen and oxygen atoms in total. The number of hydrogen-bond donors (Lipinski definition) is 0. The van der Waals surface area contributed by atoms with E-state index >= 15 is 0 Å². The zero-order valence-corrected chi connectivity index (χ0v) is 18.0. The molecule has 0 unspecified atom stereocenters. The van der Waals surface area contributed by atoms with Crippen molar-refractivity contribution in [3.8, 4) is 11.5 Å². The number of benzene rings is 2. The van der Waals surface area contributed by atoms with Crippen molar-refractivity contribution in [2.75, 3.05) is 14.2 Å². The van der Waals surface area contributed by atoms with Crippen molar-refractivity contribution >= 4 is 50.5 Å². The van der Waals surface area contributed by atoms with E-state index in [1.807, 2.05) is 54.6 Å². The molecule has 0 spiro atoms. The molecule has 8 heteroatoms. The summed E-state index contributed by atoms with van der Waals surface area (Å²) in [6.07, 6.45) is 5.46. The maximum Gasteiger partial charge on any atom is 0.291 e. The van der Waals surface area contributed by atoms with Gasteiger partial charge in [-0.05, 0) is 47.5 Å². The highest BCUT2D eigenvalue weighted by molar-refractivity contribution is 9.10. The van der Waals surface area contributed by atoms with Gasteiger partial charge in [0.1, 0.15) is 0 Å². The van der Waals surface area contributed by atoms with Crippen LogP contribution in [0.1, 0.15) is 17.0 Å². The molecule has 0 atom stereocenters. The minimum absolute atomic E-state index is 0.178. The van der Waals surface area contributed by atoms with Crippen molar-refractivity contribution in [3.63, 3.8) is 0 Å². The Morgan fingerprint density at radius 1 is 1.03 bits per heavy atom. The Hall–Kier alpha value is -2.97. The summed E-state index contributed by atoms with van der Waals surface area (Å²) in [5, 5.41) is 4.31. The van der Waals surface area contributed by atoms with E-state index < -0.39 is 0 Å². The number of halogens is 1. The second-order valence-corrected chi connectivity index (χ2v) is 8.01. The number of hydrogen-bond acceptors (Lipinski definition) is 6. The van der Waals surface area contributed by atoms with E-state index in [2.05, 4.69) is 26.0 Å². The molecule has 0 aliphatic rings. The van der Waals surface area contributed by atoms with Gasteiger partial charge in [0.15, 0.2) is 17.3 Å². The molecular weight excluding hydrogens is 454 g/mol. The first-order valence-corrected chi connectivity index (χ1v) is 10.3. The molecule has 0 fully saturated rings. The van der Waals surface area contributed by atoms with Crippen LogP contribution < -0.4 is 19.6 Å². The molecule has 0 saturated carbocycles. The second-order valence-electron chi connectivity index (χ2n) is 6.08. The van der Waals surface area contributed by atoms with Crippen LogP contribution in [-0.2, 0) is 0 Å². The summed E-state index contributed by atoms with van der Waals surface area (Å²) >= 11 is 4.75. The Kier molecular flexibility index (Phi) is 5.46. The van der Waals surface area contributed by atoms with Crippen molar-refractivity contribution in [1.82, 2.24) is 14.6 Å². The number of methoxy groups -OCH3 is 2. The maximum absolute atomic E-state index is 12.6. The fourth-order valence-electron chi connectivity index (χ4n) is 2.79. The smallest absolute Gasteiger partial charge is 0.291 e. The minimum Gasteiger partial charge on any atom is -0.493 e. The van der Waals surface area contributed by atoms with Crippen molar-refractivity contribution in [3.05, 3.63) is 78.8 Å². The fourth-order valence-corrected chi connectivity index (χ4v) is 4.13. The largest absolute Gasteiger partial charge is 0.493 e. The molecule has 29 heavy (non-hydrogen) atoms. The lowest BCUT2D eigenvalue weighted by molar-refractivity contribution is 0.355. The first kappa shape index (κ1) is 19.4. The zero-order chi connectivity index (χ0) is 20.4. The Morgan fingerprint density at radius 3 is 2.59 bits per heavy atom. The van der Waals surface area contributed by atoms with Crippen LogP contribution in [0.2, 0.25) is 0 Å². The molecule has 0 N–H and O–H groups in total. The van der Waals surface area contributed by atoms with Gasteiger partial charge in [0, 0.05) is 4.47 Å². The molecule has 2 heterocycles. The average Bonchev–Trinajstić information content (AvgIpc) is 3.25. The first-order valence-electron chi connectivity index (χ1n) is 8.64. The number of aromatic nitrogens is 3. The second kappa shape index (κ2) is 8.18. The predicted octanol–water partition coefficient (Wildman–Crippen LogP) is 3.65. The highest BCUT2D eigenvalue weighted by Crippen LogP contribution is 2.28. The molecule has 0 bridgehead atoms. The number of ether oxygens (including phenoxy) is 2. The van der Waals surface area contributed by atoms with E-state index in [0.29, 0.717) is 26.8 Å². The van der Waals surface area contributed by atoms with Gasteiger partial charge in [0.25, 0.3) is 5.56 Å². The standard InChI is InChI=1S/C21H16BrN3O3S/c1-27-16-8-6-13(11-17(16)28-2)7-9-19-23-21-25(24-19)20(26)18(29-21)12-14-4-3-5-15(22)10-14/h3-12H,1-2H3. The summed E-state index contributed by atoms with van der Waals surface area (Å²) in [6.45, 7) is 0. The lowest BCUT2D eigenvalue weighted by atomic mass is 10.2. The predicted molar refractivity (Wildman–Crippen MR) is 119 cm³/mol. The van der Waals surface area contributed by atoms with Crippen LogP contribution in [0.15, 0.2) is 51.7 Å². The van der Waals surface area contributed by atoms with Gasteiger partial charge in [-0.25, -0.2) is 0 Å². The van der Waals surface area contributed by atoms with Gasteiger partial charge in [0.05, 0.1) is 18.8 Å². The number of nitrogens with zero attached hydrogens (tertiary/aromatic N) is 3. The highest BCUT2D eigenvalue weighted by atomic mass is 79.9. The molecule has 4 aromatic rings. The first-order chi connectivity index (χ1) is 14.1. The van der Waals surface area contributed by atoms with Crippen molar-refractivity contribution < 1.29 is 9.47 Å². The van der Waals surface area contributed by atoms with Crippen molar-refractivity contribution in [2.24, 2.45) is 0 Å². The van der Waals surface area contributed by atoms with Gasteiger partial charge < -0.3 is 9.47 Å². The van der Waals surface area contributed by atoms with E-state index in [0.717, 1.165) is 15.6 Å². The van der Waals surface area contributed by atoms with Crippen LogP contribution in [0, 0.1) is 0 Å². The van der Waals surface area contributed by atoms with Crippen LogP contribution in [0.4, 0.5) is 0 Å². The minimum atomic E-state index is -0.178. The molecule has 4 rings (SSSR count). The quantitative estimate of drug-likeness (QED) is 0.446. The third kappa shape index (κ3) is 4.08. The molecule has 2 aromatic heterocycles. The van der Waals surface area contributed by atoms with Gasteiger partial charge in [-0.3, -0.25) is 4.79 Å². The lowest BCUT2D eigenvalue weighted by Gasteiger charge is -2.07. The van der Waals surface area contributed by atoms with Gasteiger partial charge >= 0.3 is 0 Å². The summed E-state index contributed by atoms with van der Waals surface area (Å²) < 4.78 is 13.4. The Morgan fingerprint density at radius 2 is 1.86 bits per heavy atom. The average molecular weight is 470 g/mol. The molecule has 146 valence electrons. The molecule has 0 aliphatic heterocycles. The summed E-state index contributed by atoms with van der Waals surface area (Å²) in [7, 11) is 3.19. The van der Waals surface area contributed by atoms with Crippen LogP contribution in [0.5, 0.6) is 11.5 Å². The normalized spacial score (nSPS) is 12.2. The van der Waals surface area contributed by atoms with E-state index in [1.54, 1.807) is 20.3 Å². The Bertz CT molecular complexity index is 1330. The zero-order valence-electron chi connectivity index (χ0n) is 15.6. The molecule has 2 aromatic carbocycles. The molecular formula is C21H16BrN3O3S. The maximum atomic E-state index is 12.6. The topological polar surface area (TPSA) is 65.7 Å². The third-order valence-corrected chi connectivity index (χ3v) is 5.63. The molecule has 0 amide bonds. The van der Waals surface area contributed by atoms with E-state index in [-0.39, 0.29) is 5.56 Å². The number of fused-ring (bicyclic) bond motifs is 1. The van der Waals surface area contributed by atoms with E-state index in [1.165, 1.54) is 15.9 Å². The van der Waals surface area contributed by atoms with Crippen LogP contribution in [-0.4, -0.2) is 28.8 Å². The molecule has 0 radical (unpaired) electrons. The van der Waals surface area contributed by atoms with Crippen molar-refractivity contribution in [1.29, 1.82) is 0 Å². The van der Waals surface area contributed by atoms with Gasteiger partial charge in [0.2, 0.25) is 4.96 Å². The van der Waals surface area contributed by atoms with Gasteiger partial charge in [-0.1, -0.05) is 51.5 Å². The summed E-state index contributed by atoms with van der Waals surface area (Å²) in [6, 6.07) is 13.4. The van der Waals surface area contributed by atoms with Gasteiger partial charge in [-0.2, -0.15) is 9.50 Å². The summed E-state index contributed by atoms with van der Waals surface area (Å²) in [4.78, 5) is 17.6. The highest BCUT2D eigenvalue weighted by Gasteiger charge is 2.09. The summed E-state index contributed by atoms with van der Waals surface area (Å²) in [5.41, 5.74) is 1.67. The lowest BCUT2D eigenvalue weighted by Crippen LogP contribution is -2.23. The van der Waals surface area contributed by atoms with E-state index in [4.69, 9.17) is 9.47 Å².